The van der Waals surface area contributed by atoms with Gasteiger partial charge in [0.15, 0.2) is 41.0 Å². The molecule has 0 aromatic heterocycles. The van der Waals surface area contributed by atoms with Crippen LogP contribution < -0.4 is 9.47 Å². The topological polar surface area (TPSA) is 261 Å². The van der Waals surface area contributed by atoms with Gasteiger partial charge in [-0.15, -0.1) is 0 Å². The van der Waals surface area contributed by atoms with E-state index < -0.39 is 87.8 Å². The number of benzene rings is 4. The highest BCUT2D eigenvalue weighted by Crippen LogP contribution is 2.57. The predicted molar refractivity (Wildman–Crippen MR) is 147 cm³/mol. The number of phenolic OH excluding ortho intramolecular Hbond substituents is 10. The molecule has 230 valence electrons. The number of aliphatic hydroxyl groups is 2. The van der Waals surface area contributed by atoms with E-state index in [1.807, 2.05) is 0 Å². The van der Waals surface area contributed by atoms with Gasteiger partial charge in [0.1, 0.15) is 46.4 Å². The summed E-state index contributed by atoms with van der Waals surface area (Å²) in [6, 6.07) is 6.78. The van der Waals surface area contributed by atoms with Crippen LogP contribution in [0.15, 0.2) is 42.5 Å². The fourth-order valence-corrected chi connectivity index (χ4v) is 5.85. The van der Waals surface area contributed by atoms with E-state index in [-0.39, 0.29) is 45.7 Å². The van der Waals surface area contributed by atoms with Crippen LogP contribution in [0.25, 0.3) is 0 Å². The largest absolute Gasteiger partial charge is 0.508 e. The minimum absolute atomic E-state index is 0.0287. The Morgan fingerprint density at radius 2 is 1.16 bits per heavy atom. The lowest BCUT2D eigenvalue weighted by atomic mass is 9.77. The summed E-state index contributed by atoms with van der Waals surface area (Å²) in [5.74, 6) is -8.29. The summed E-state index contributed by atoms with van der Waals surface area (Å²) in [5.41, 5.74) is -0.625. The van der Waals surface area contributed by atoms with Gasteiger partial charge in [-0.2, -0.15) is 0 Å². The Kier molecular flexibility index (Phi) is 6.48. The van der Waals surface area contributed by atoms with Crippen LogP contribution in [-0.4, -0.2) is 73.5 Å². The lowest BCUT2D eigenvalue weighted by Gasteiger charge is -2.40. The van der Waals surface area contributed by atoms with E-state index in [1.54, 1.807) is 0 Å². The van der Waals surface area contributed by atoms with Crippen molar-refractivity contribution in [3.8, 4) is 69.0 Å². The maximum atomic E-state index is 11.8. The first-order chi connectivity index (χ1) is 20.8. The number of aromatic hydroxyl groups is 10. The van der Waals surface area contributed by atoms with Gasteiger partial charge in [-0.1, -0.05) is 0 Å². The number of hydrogen-bond donors (Lipinski definition) is 12. The van der Waals surface area contributed by atoms with Crippen molar-refractivity contribution in [3.05, 3.63) is 70.3 Å². The van der Waals surface area contributed by atoms with E-state index in [0.29, 0.717) is 0 Å². The van der Waals surface area contributed by atoms with Gasteiger partial charge in [-0.25, -0.2) is 0 Å². The number of ether oxygens (including phenoxy) is 2. The zero-order valence-corrected chi connectivity index (χ0v) is 22.3. The van der Waals surface area contributed by atoms with Crippen molar-refractivity contribution in [1.29, 1.82) is 0 Å². The number of hydrogen-bond acceptors (Lipinski definition) is 14. The van der Waals surface area contributed by atoms with Gasteiger partial charge in [0.25, 0.3) is 0 Å². The third kappa shape index (κ3) is 4.35. The van der Waals surface area contributed by atoms with Crippen LogP contribution in [0.2, 0.25) is 0 Å². The number of phenols is 10. The smallest absolute Gasteiger partial charge is 0.200 e. The number of rotatable bonds is 3. The average molecular weight is 611 g/mol. The summed E-state index contributed by atoms with van der Waals surface area (Å²) >= 11 is 0. The van der Waals surface area contributed by atoms with Crippen LogP contribution in [0.5, 0.6) is 69.0 Å². The highest BCUT2D eigenvalue weighted by atomic mass is 16.5. The molecule has 6 rings (SSSR count). The fourth-order valence-electron chi connectivity index (χ4n) is 5.85. The highest BCUT2D eigenvalue weighted by molar-refractivity contribution is 5.66. The first kappa shape index (κ1) is 28.5. The van der Waals surface area contributed by atoms with Crippen LogP contribution in [-0.2, 0) is 6.42 Å². The van der Waals surface area contributed by atoms with Gasteiger partial charge in [-0.3, -0.25) is 0 Å². The first-order valence-electron chi connectivity index (χ1n) is 13.1. The summed E-state index contributed by atoms with van der Waals surface area (Å²) < 4.78 is 11.9. The van der Waals surface area contributed by atoms with Crippen molar-refractivity contribution in [3.63, 3.8) is 0 Å². The average Bonchev–Trinajstić information content (AvgIpc) is 2.94. The lowest BCUT2D eigenvalue weighted by molar-refractivity contribution is 0.000782. The minimum atomic E-state index is -1.76. The molecule has 14 heteroatoms. The van der Waals surface area contributed by atoms with E-state index in [9.17, 15) is 61.3 Å². The third-order valence-corrected chi connectivity index (χ3v) is 7.87. The van der Waals surface area contributed by atoms with E-state index in [0.717, 1.165) is 42.5 Å². The lowest BCUT2D eigenvalue weighted by Crippen LogP contribution is -2.36. The van der Waals surface area contributed by atoms with Gasteiger partial charge in [0, 0.05) is 58.5 Å². The quantitative estimate of drug-likeness (QED) is 0.117. The molecule has 0 fully saturated rings. The van der Waals surface area contributed by atoms with Crippen LogP contribution in [0.4, 0.5) is 0 Å². The van der Waals surface area contributed by atoms with Crippen LogP contribution in [0.1, 0.15) is 45.9 Å². The third-order valence-electron chi connectivity index (χ3n) is 7.87. The monoisotopic (exact) mass is 610 g/mol. The molecule has 2 aliphatic rings. The molecule has 4 aromatic carbocycles. The molecule has 2 aliphatic heterocycles. The number of fused-ring (bicyclic) bond motifs is 2. The van der Waals surface area contributed by atoms with Gasteiger partial charge < -0.3 is 70.8 Å². The van der Waals surface area contributed by atoms with E-state index in [2.05, 4.69) is 0 Å². The molecule has 0 spiro atoms. The normalized spacial score (nSPS) is 22.4. The van der Waals surface area contributed by atoms with Crippen molar-refractivity contribution in [1.82, 2.24) is 0 Å². The summed E-state index contributed by atoms with van der Waals surface area (Å²) in [6.07, 6.45) is -6.44. The Balaban J connectivity index is 1.57. The van der Waals surface area contributed by atoms with Gasteiger partial charge in [0.2, 0.25) is 0 Å². The van der Waals surface area contributed by atoms with Crippen molar-refractivity contribution < 1.29 is 70.8 Å². The second kappa shape index (κ2) is 10.00. The predicted octanol–water partition coefficient (Wildman–Crippen LogP) is 2.41. The molecule has 0 amide bonds. The van der Waals surface area contributed by atoms with E-state index in [1.165, 1.54) is 0 Å². The second-order valence-corrected chi connectivity index (χ2v) is 10.6. The fraction of sp³-hybridized carbons (Fsp3) is 0.200. The van der Waals surface area contributed by atoms with Crippen molar-refractivity contribution >= 4 is 0 Å². The zero-order valence-electron chi connectivity index (χ0n) is 22.3. The summed E-state index contributed by atoms with van der Waals surface area (Å²) in [6.45, 7) is 0. The minimum Gasteiger partial charge on any atom is -0.508 e. The second-order valence-electron chi connectivity index (χ2n) is 10.6. The zero-order chi connectivity index (χ0) is 31.8. The molecule has 0 saturated carbocycles. The first-order valence-corrected chi connectivity index (χ1v) is 13.1. The summed E-state index contributed by atoms with van der Waals surface area (Å²) in [7, 11) is 0. The molecular weight excluding hydrogens is 584 g/mol. The van der Waals surface area contributed by atoms with Gasteiger partial charge in [-0.05, 0) is 18.2 Å². The van der Waals surface area contributed by atoms with Crippen LogP contribution >= 0.6 is 0 Å². The molecule has 4 aromatic rings. The van der Waals surface area contributed by atoms with Crippen LogP contribution in [0, 0.1) is 0 Å². The van der Waals surface area contributed by atoms with Gasteiger partial charge >= 0.3 is 0 Å². The van der Waals surface area contributed by atoms with E-state index in [4.69, 9.17) is 9.47 Å². The Bertz CT molecular complexity index is 1800. The molecule has 0 radical (unpaired) electrons. The SMILES string of the molecule is Oc1cc(O)c2c(c1)OC(c1cc(O)c(O)c(O)c1)C(O)C2c1c(O)cc(O)c2c1OC(c1cc(O)c(O)cc1O)C(O)C2. The van der Waals surface area contributed by atoms with E-state index >= 15 is 0 Å². The maximum absolute atomic E-state index is 11.8. The Hall–Kier alpha value is -5.60. The molecule has 0 bridgehead atoms. The highest BCUT2D eigenvalue weighted by Gasteiger charge is 2.46. The molecule has 44 heavy (non-hydrogen) atoms. The van der Waals surface area contributed by atoms with Crippen LogP contribution in [0.3, 0.4) is 0 Å². The molecule has 0 saturated heterocycles. The molecule has 5 unspecified atom stereocenters. The molecule has 14 nitrogen and oxygen atoms in total. The Labute approximate surface area is 247 Å². The summed E-state index contributed by atoms with van der Waals surface area (Å²) in [4.78, 5) is 0. The number of aliphatic hydroxyl groups excluding tert-OH is 2. The maximum Gasteiger partial charge on any atom is 0.200 e. The van der Waals surface area contributed by atoms with Crippen molar-refractivity contribution in [2.24, 2.45) is 0 Å². The Morgan fingerprint density at radius 3 is 1.84 bits per heavy atom. The standard InChI is InChI=1S/C30H26O14/c31-10-3-17(36)23-22(4-10)43-28(9-1-19(38)26(41)20(39)2-9)27(42)25(23)24-18(37)8-14(33)12-6-21(40)29(44-30(12)24)11-5-15(34)16(35)7-13(11)32/h1-5,7-8,21,25,27-29,31-42H,6H2. The molecule has 5 atom stereocenters. The van der Waals surface area contributed by atoms with Crippen molar-refractivity contribution in [2.45, 2.75) is 36.8 Å². The molecular formula is C30H26O14. The Morgan fingerprint density at radius 1 is 0.545 bits per heavy atom. The summed E-state index contributed by atoms with van der Waals surface area (Å²) in [5, 5.41) is 126. The molecule has 2 heterocycles. The van der Waals surface area contributed by atoms with Gasteiger partial charge in [0.05, 0.1) is 12.0 Å². The molecule has 0 aliphatic carbocycles. The molecule has 12 N–H and O–H groups in total. The van der Waals surface area contributed by atoms with Crippen molar-refractivity contribution in [2.75, 3.05) is 0 Å².